The second-order valence-corrected chi connectivity index (χ2v) is 7.54. The van der Waals surface area contributed by atoms with Gasteiger partial charge in [-0.1, -0.05) is 48.0 Å². The van der Waals surface area contributed by atoms with E-state index in [-0.39, 0.29) is 23.5 Å². The zero-order chi connectivity index (χ0) is 20.7. The Morgan fingerprint density at radius 2 is 2.04 bits per heavy atom. The molecule has 0 bridgehead atoms. The van der Waals surface area contributed by atoms with Crippen LogP contribution in [-0.4, -0.2) is 18.3 Å². The van der Waals surface area contributed by atoms with Crippen LogP contribution in [0.2, 0.25) is 10.0 Å². The Hall–Kier alpha value is -2.12. The number of hydrogen-bond acceptors (Lipinski definition) is 6. The molecule has 0 N–H and O–H groups in total. The maximum Gasteiger partial charge on any atom is 0.338 e. The van der Waals surface area contributed by atoms with Gasteiger partial charge in [0.2, 0.25) is 0 Å². The summed E-state index contributed by atoms with van der Waals surface area (Å²) < 4.78 is 11.2. The number of nitrogens with zero attached hydrogens (tertiary/aromatic N) is 2. The topological polar surface area (TPSA) is 83.1 Å². The number of carbonyl (C=O) groups is 1. The van der Waals surface area contributed by atoms with Gasteiger partial charge < -0.3 is 9.47 Å². The van der Waals surface area contributed by atoms with E-state index in [0.29, 0.717) is 32.9 Å². The van der Waals surface area contributed by atoms with Crippen molar-refractivity contribution >= 4 is 40.9 Å². The molecule has 146 valence electrons. The molecule has 2 rings (SSSR count). The first-order valence-corrected chi connectivity index (χ1v) is 10.4. The Morgan fingerprint density at radius 3 is 2.61 bits per heavy atom. The summed E-state index contributed by atoms with van der Waals surface area (Å²) in [5, 5.41) is 19.8. The fraction of sp³-hybridized carbons (Fsp3) is 0.350. The minimum absolute atomic E-state index is 0.114. The van der Waals surface area contributed by atoms with Crippen LogP contribution in [0.3, 0.4) is 0 Å². The van der Waals surface area contributed by atoms with Gasteiger partial charge in [0.25, 0.3) is 0 Å². The minimum atomic E-state index is -0.713. The lowest BCUT2D eigenvalue weighted by Gasteiger charge is -2.29. The van der Waals surface area contributed by atoms with Gasteiger partial charge in [0, 0.05) is 6.42 Å². The monoisotopic (exact) mass is 436 g/mol. The smallest absolute Gasteiger partial charge is 0.338 e. The lowest BCUT2D eigenvalue weighted by Crippen LogP contribution is -2.23. The fourth-order valence-corrected chi connectivity index (χ4v) is 3.82. The molecular formula is C20H18Cl2N2O3S. The van der Waals surface area contributed by atoms with Crippen LogP contribution in [0.4, 0.5) is 0 Å². The lowest BCUT2D eigenvalue weighted by molar-refractivity contribution is -0.139. The predicted octanol–water partition coefficient (Wildman–Crippen LogP) is 5.72. The summed E-state index contributed by atoms with van der Waals surface area (Å²) in [5.74, 6) is -0.700. The predicted molar refractivity (Wildman–Crippen MR) is 110 cm³/mol. The number of thioether (sulfide) groups is 1. The van der Waals surface area contributed by atoms with Gasteiger partial charge in [0.15, 0.2) is 5.09 Å². The summed E-state index contributed by atoms with van der Waals surface area (Å²) in [6, 6.07) is 9.14. The maximum absolute atomic E-state index is 12.8. The van der Waals surface area contributed by atoms with E-state index >= 15 is 0 Å². The van der Waals surface area contributed by atoms with E-state index in [9.17, 15) is 10.1 Å². The number of carbonyl (C=O) groups excluding carboxylic acids is 1. The zero-order valence-corrected chi connectivity index (χ0v) is 17.7. The molecule has 1 heterocycles. The number of rotatable bonds is 7. The SMILES string of the molecule is CCCC1=C(C(=O)OCC)C(c2ccc(Cl)c(Cl)c2)C(C#N)=C(SCC#N)O1. The number of hydrogen-bond donors (Lipinski definition) is 0. The summed E-state index contributed by atoms with van der Waals surface area (Å²) in [7, 11) is 0. The third-order valence-electron chi connectivity index (χ3n) is 3.95. The number of nitriles is 2. The van der Waals surface area contributed by atoms with Gasteiger partial charge in [-0.3, -0.25) is 0 Å². The summed E-state index contributed by atoms with van der Waals surface area (Å²) in [4.78, 5) is 12.8. The van der Waals surface area contributed by atoms with Crippen LogP contribution in [-0.2, 0) is 14.3 Å². The number of halogens is 2. The van der Waals surface area contributed by atoms with Crippen LogP contribution in [0.1, 0.15) is 38.2 Å². The fourth-order valence-electron chi connectivity index (χ4n) is 2.84. The molecule has 1 aromatic carbocycles. The molecule has 0 radical (unpaired) electrons. The summed E-state index contributed by atoms with van der Waals surface area (Å²) in [6.07, 6.45) is 1.21. The molecule has 0 fully saturated rings. The molecule has 5 nitrogen and oxygen atoms in total. The summed E-state index contributed by atoms with van der Waals surface area (Å²) in [5.41, 5.74) is 1.14. The standard InChI is InChI=1S/C20H18Cl2N2O3S/c1-3-5-16-18(19(25)26-4-2)17(12-6-7-14(21)15(22)10-12)13(11-24)20(27-16)28-9-8-23/h6-7,10,17H,3-5,9H2,1-2H3. The van der Waals surface area contributed by atoms with E-state index in [1.807, 2.05) is 13.0 Å². The highest BCUT2D eigenvalue weighted by atomic mass is 35.5. The summed E-state index contributed by atoms with van der Waals surface area (Å²) >= 11 is 13.3. The Bertz CT molecular complexity index is 913. The number of benzene rings is 1. The van der Waals surface area contributed by atoms with E-state index in [1.54, 1.807) is 25.1 Å². The average Bonchev–Trinajstić information content (AvgIpc) is 2.68. The first-order valence-electron chi connectivity index (χ1n) is 8.65. The van der Waals surface area contributed by atoms with Gasteiger partial charge in [0.1, 0.15) is 11.8 Å². The molecule has 28 heavy (non-hydrogen) atoms. The summed E-state index contributed by atoms with van der Waals surface area (Å²) in [6.45, 7) is 3.86. The van der Waals surface area contributed by atoms with Crippen LogP contribution < -0.4 is 0 Å². The molecule has 0 aromatic heterocycles. The molecule has 0 aliphatic carbocycles. The molecule has 1 aromatic rings. The van der Waals surface area contributed by atoms with E-state index in [0.717, 1.165) is 18.2 Å². The van der Waals surface area contributed by atoms with Crippen molar-refractivity contribution in [2.24, 2.45) is 0 Å². The number of esters is 1. The first kappa shape index (κ1) is 22.2. The Kier molecular flexibility index (Phi) is 8.26. The van der Waals surface area contributed by atoms with Gasteiger partial charge in [-0.15, -0.1) is 0 Å². The first-order chi connectivity index (χ1) is 13.5. The van der Waals surface area contributed by atoms with Crippen molar-refractivity contribution in [2.75, 3.05) is 12.4 Å². The molecular weight excluding hydrogens is 419 g/mol. The highest BCUT2D eigenvalue weighted by Crippen LogP contribution is 2.45. The molecule has 1 aliphatic heterocycles. The molecule has 0 amide bonds. The molecule has 8 heteroatoms. The number of allylic oxidation sites excluding steroid dienone is 2. The van der Waals surface area contributed by atoms with Crippen molar-refractivity contribution < 1.29 is 14.3 Å². The van der Waals surface area contributed by atoms with Crippen LogP contribution in [0.15, 0.2) is 40.2 Å². The maximum atomic E-state index is 12.8. The second kappa shape index (κ2) is 10.4. The molecule has 1 atom stereocenters. The van der Waals surface area contributed by atoms with E-state index in [2.05, 4.69) is 6.07 Å². The van der Waals surface area contributed by atoms with E-state index < -0.39 is 11.9 Å². The Morgan fingerprint density at radius 1 is 1.29 bits per heavy atom. The number of ether oxygens (including phenoxy) is 2. The quantitative estimate of drug-likeness (QED) is 0.508. The van der Waals surface area contributed by atoms with Gasteiger partial charge in [-0.25, -0.2) is 4.79 Å². The van der Waals surface area contributed by atoms with Gasteiger partial charge in [-0.05, 0) is 31.0 Å². The highest BCUT2D eigenvalue weighted by molar-refractivity contribution is 8.03. The van der Waals surface area contributed by atoms with Crippen molar-refractivity contribution in [2.45, 2.75) is 32.6 Å². The van der Waals surface area contributed by atoms with Gasteiger partial charge in [0.05, 0.1) is 45.5 Å². The van der Waals surface area contributed by atoms with Gasteiger partial charge >= 0.3 is 5.97 Å². The molecule has 0 spiro atoms. The normalized spacial score (nSPS) is 16.3. The Labute approximate surface area is 178 Å². The van der Waals surface area contributed by atoms with E-state index in [4.69, 9.17) is 37.9 Å². The zero-order valence-electron chi connectivity index (χ0n) is 15.4. The third kappa shape index (κ3) is 4.83. The molecule has 0 saturated carbocycles. The van der Waals surface area contributed by atoms with Crippen molar-refractivity contribution in [1.82, 2.24) is 0 Å². The van der Waals surface area contributed by atoms with Crippen LogP contribution in [0.25, 0.3) is 0 Å². The van der Waals surface area contributed by atoms with Crippen molar-refractivity contribution in [3.63, 3.8) is 0 Å². The minimum Gasteiger partial charge on any atom is -0.463 e. The van der Waals surface area contributed by atoms with Crippen LogP contribution in [0.5, 0.6) is 0 Å². The molecule has 1 aliphatic rings. The average molecular weight is 437 g/mol. The lowest BCUT2D eigenvalue weighted by atomic mass is 9.83. The second-order valence-electron chi connectivity index (χ2n) is 5.78. The van der Waals surface area contributed by atoms with Crippen molar-refractivity contribution in [1.29, 1.82) is 10.5 Å². The van der Waals surface area contributed by atoms with E-state index in [1.165, 1.54) is 0 Å². The highest BCUT2D eigenvalue weighted by Gasteiger charge is 2.38. The van der Waals surface area contributed by atoms with Crippen molar-refractivity contribution in [3.05, 3.63) is 55.8 Å². The van der Waals surface area contributed by atoms with Gasteiger partial charge in [-0.2, -0.15) is 10.5 Å². The van der Waals surface area contributed by atoms with Crippen molar-refractivity contribution in [3.8, 4) is 12.1 Å². The van der Waals surface area contributed by atoms with Crippen LogP contribution >= 0.6 is 35.0 Å². The largest absolute Gasteiger partial charge is 0.463 e. The van der Waals surface area contributed by atoms with Crippen LogP contribution in [0, 0.1) is 22.7 Å². The molecule has 1 unspecified atom stereocenters. The Balaban J connectivity index is 2.72. The third-order valence-corrected chi connectivity index (χ3v) is 5.53. The molecule has 0 saturated heterocycles.